The Balaban J connectivity index is 1.72. The normalized spacial score (nSPS) is 18.4. The van der Waals surface area contributed by atoms with Gasteiger partial charge in [-0.15, -0.1) is 0 Å². The summed E-state index contributed by atoms with van der Waals surface area (Å²) < 4.78 is 11.1. The van der Waals surface area contributed by atoms with Crippen molar-refractivity contribution < 1.29 is 14.3 Å². The van der Waals surface area contributed by atoms with Crippen molar-refractivity contribution in [3.05, 3.63) is 71.8 Å². The van der Waals surface area contributed by atoms with E-state index < -0.39 is 0 Å². The first-order chi connectivity index (χ1) is 11.7. The van der Waals surface area contributed by atoms with Gasteiger partial charge in [-0.05, 0) is 30.5 Å². The molecule has 120 valence electrons. The summed E-state index contributed by atoms with van der Waals surface area (Å²) in [6.45, 7) is 1.88. The molecule has 2 aromatic carbocycles. The zero-order valence-corrected chi connectivity index (χ0v) is 13.5. The summed E-state index contributed by atoms with van der Waals surface area (Å²) >= 11 is 0. The van der Waals surface area contributed by atoms with Crippen molar-refractivity contribution in [2.24, 2.45) is 0 Å². The second-order valence-corrected chi connectivity index (χ2v) is 6.09. The second-order valence-electron chi connectivity index (χ2n) is 6.09. The molecule has 1 aliphatic carbocycles. The topological polar surface area (TPSA) is 35.5 Å². The number of benzene rings is 2. The molecule has 24 heavy (non-hydrogen) atoms. The van der Waals surface area contributed by atoms with Crippen LogP contribution in [0.4, 0.5) is 0 Å². The van der Waals surface area contributed by atoms with E-state index in [1.54, 1.807) is 6.92 Å². The van der Waals surface area contributed by atoms with E-state index in [4.69, 9.17) is 9.47 Å². The van der Waals surface area contributed by atoms with Crippen LogP contribution in [0.2, 0.25) is 0 Å². The van der Waals surface area contributed by atoms with Gasteiger partial charge >= 0.3 is 0 Å². The lowest BCUT2D eigenvalue weighted by Crippen LogP contribution is -2.04. The van der Waals surface area contributed by atoms with Crippen molar-refractivity contribution in [2.45, 2.75) is 19.3 Å². The van der Waals surface area contributed by atoms with E-state index in [1.807, 2.05) is 24.3 Å². The Kier molecular flexibility index (Phi) is 3.69. The van der Waals surface area contributed by atoms with E-state index in [2.05, 4.69) is 36.4 Å². The van der Waals surface area contributed by atoms with Crippen LogP contribution in [0.3, 0.4) is 0 Å². The molecule has 0 amide bonds. The van der Waals surface area contributed by atoms with Gasteiger partial charge in [0.05, 0.1) is 0 Å². The van der Waals surface area contributed by atoms with Crippen molar-refractivity contribution in [3.63, 3.8) is 0 Å². The summed E-state index contributed by atoms with van der Waals surface area (Å²) in [4.78, 5) is 11.6. The van der Waals surface area contributed by atoms with E-state index in [0.717, 1.165) is 34.6 Å². The Morgan fingerprint density at radius 1 is 1.12 bits per heavy atom. The second kappa shape index (κ2) is 6.00. The largest absolute Gasteiger partial charge is 0.454 e. The Morgan fingerprint density at radius 2 is 2.00 bits per heavy atom. The van der Waals surface area contributed by atoms with Crippen LogP contribution in [-0.2, 0) is 4.79 Å². The summed E-state index contributed by atoms with van der Waals surface area (Å²) in [6, 6.07) is 14.4. The number of hydrogen-bond donors (Lipinski definition) is 0. The Labute approximate surface area is 141 Å². The van der Waals surface area contributed by atoms with Crippen LogP contribution in [-0.4, -0.2) is 12.6 Å². The van der Waals surface area contributed by atoms with Gasteiger partial charge in [-0.1, -0.05) is 54.6 Å². The minimum atomic E-state index is 0.110. The number of rotatable bonds is 3. The number of ketones is 1. The first-order valence-electron chi connectivity index (χ1n) is 8.10. The molecule has 3 nitrogen and oxygen atoms in total. The zero-order chi connectivity index (χ0) is 16.5. The maximum atomic E-state index is 11.6. The third-order valence-corrected chi connectivity index (χ3v) is 4.50. The molecule has 3 heteroatoms. The lowest BCUT2D eigenvalue weighted by molar-refractivity contribution is -0.113. The van der Waals surface area contributed by atoms with E-state index in [-0.39, 0.29) is 18.5 Å². The number of Topliss-reactive ketones (excluding diaryl/α,β-unsaturated/α-hetero) is 1. The highest BCUT2D eigenvalue weighted by molar-refractivity contribution is 5.96. The molecule has 0 spiro atoms. The summed E-state index contributed by atoms with van der Waals surface area (Å²) in [5, 5.41) is 0. The summed E-state index contributed by atoms with van der Waals surface area (Å²) in [5.74, 6) is 1.93. The molecule has 1 unspecified atom stereocenters. The standard InChI is InChI=1S/C21H18O3/c1-14(22)15-5-2-6-16(11-15)17-7-3-8-18(12-17)19-9-4-10-20-21(19)24-13-23-20/h2-5,7-12,16H,6,13H2,1H3. The average Bonchev–Trinajstić information content (AvgIpc) is 3.10. The van der Waals surface area contributed by atoms with E-state index in [9.17, 15) is 4.79 Å². The molecule has 0 saturated carbocycles. The number of carbonyl (C=O) groups is 1. The third kappa shape index (κ3) is 2.62. The molecule has 0 N–H and O–H groups in total. The Morgan fingerprint density at radius 3 is 2.88 bits per heavy atom. The van der Waals surface area contributed by atoms with Gasteiger partial charge in [-0.2, -0.15) is 0 Å². The fourth-order valence-electron chi connectivity index (χ4n) is 3.24. The van der Waals surface area contributed by atoms with Crippen molar-refractivity contribution in [3.8, 4) is 22.6 Å². The number of hydrogen-bond acceptors (Lipinski definition) is 3. The van der Waals surface area contributed by atoms with Crippen molar-refractivity contribution in [1.82, 2.24) is 0 Å². The number of allylic oxidation sites excluding steroid dienone is 4. The lowest BCUT2D eigenvalue weighted by atomic mass is 9.87. The first-order valence-corrected chi connectivity index (χ1v) is 8.10. The fraction of sp³-hybridized carbons (Fsp3) is 0.190. The first kappa shape index (κ1) is 14.8. The molecule has 0 saturated heterocycles. The van der Waals surface area contributed by atoms with Crippen LogP contribution >= 0.6 is 0 Å². The summed E-state index contributed by atoms with van der Waals surface area (Å²) in [7, 11) is 0. The van der Waals surface area contributed by atoms with Crippen molar-refractivity contribution in [1.29, 1.82) is 0 Å². The van der Waals surface area contributed by atoms with Gasteiger partial charge in [0.15, 0.2) is 17.3 Å². The smallest absolute Gasteiger partial charge is 0.231 e. The van der Waals surface area contributed by atoms with Gasteiger partial charge in [-0.3, -0.25) is 4.79 Å². The van der Waals surface area contributed by atoms with E-state index in [1.165, 1.54) is 5.56 Å². The molecule has 1 aliphatic heterocycles. The predicted octanol–water partition coefficient (Wildman–Crippen LogP) is 4.64. The molecular formula is C21H18O3. The molecule has 0 aromatic heterocycles. The summed E-state index contributed by atoms with van der Waals surface area (Å²) in [5.41, 5.74) is 4.12. The van der Waals surface area contributed by atoms with Gasteiger partial charge in [0.25, 0.3) is 0 Å². The number of carbonyl (C=O) groups excluding carboxylic acids is 1. The van der Waals surface area contributed by atoms with Crippen molar-refractivity contribution in [2.75, 3.05) is 6.79 Å². The molecule has 1 heterocycles. The molecule has 4 rings (SSSR count). The van der Waals surface area contributed by atoms with Crippen LogP contribution in [0.1, 0.15) is 24.8 Å². The SMILES string of the molecule is CC(=O)C1=CC(c2cccc(-c3cccc4c3OCO4)c2)CC=C1. The monoisotopic (exact) mass is 318 g/mol. The molecule has 2 aromatic rings. The minimum Gasteiger partial charge on any atom is -0.454 e. The van der Waals surface area contributed by atoms with Crippen molar-refractivity contribution >= 4 is 5.78 Å². The number of fused-ring (bicyclic) bond motifs is 1. The quantitative estimate of drug-likeness (QED) is 0.827. The molecule has 1 atom stereocenters. The minimum absolute atomic E-state index is 0.110. The van der Waals surface area contributed by atoms with Crippen LogP contribution in [0.25, 0.3) is 11.1 Å². The van der Waals surface area contributed by atoms with Gasteiger partial charge in [0.2, 0.25) is 6.79 Å². The van der Waals surface area contributed by atoms with Crippen LogP contribution in [0, 0.1) is 0 Å². The molecule has 0 bridgehead atoms. The Bertz CT molecular complexity index is 861. The third-order valence-electron chi connectivity index (χ3n) is 4.50. The van der Waals surface area contributed by atoms with E-state index in [0.29, 0.717) is 0 Å². The lowest BCUT2D eigenvalue weighted by Gasteiger charge is -2.17. The van der Waals surface area contributed by atoms with Gasteiger partial charge in [-0.25, -0.2) is 0 Å². The maximum absolute atomic E-state index is 11.6. The highest BCUT2D eigenvalue weighted by atomic mass is 16.7. The van der Waals surface area contributed by atoms with Crippen LogP contribution < -0.4 is 9.47 Å². The predicted molar refractivity (Wildman–Crippen MR) is 93.3 cm³/mol. The maximum Gasteiger partial charge on any atom is 0.231 e. The molecule has 2 aliphatic rings. The van der Waals surface area contributed by atoms with Crippen LogP contribution in [0.5, 0.6) is 11.5 Å². The zero-order valence-electron chi connectivity index (χ0n) is 13.5. The Hall–Kier alpha value is -2.81. The van der Waals surface area contributed by atoms with E-state index >= 15 is 0 Å². The highest BCUT2D eigenvalue weighted by Crippen LogP contribution is 2.42. The molecular weight excluding hydrogens is 300 g/mol. The molecule has 0 fully saturated rings. The summed E-state index contributed by atoms with van der Waals surface area (Å²) in [6.07, 6.45) is 6.96. The molecule has 0 radical (unpaired) electrons. The van der Waals surface area contributed by atoms with Crippen LogP contribution in [0.15, 0.2) is 66.3 Å². The van der Waals surface area contributed by atoms with Gasteiger partial charge in [0, 0.05) is 17.1 Å². The van der Waals surface area contributed by atoms with Gasteiger partial charge in [0.1, 0.15) is 0 Å². The number of para-hydroxylation sites is 1. The van der Waals surface area contributed by atoms with Gasteiger partial charge < -0.3 is 9.47 Å². The number of ether oxygens (including phenoxy) is 2. The fourth-order valence-corrected chi connectivity index (χ4v) is 3.24. The highest BCUT2D eigenvalue weighted by Gasteiger charge is 2.19. The average molecular weight is 318 g/mol.